The predicted octanol–water partition coefficient (Wildman–Crippen LogP) is 1.80. The molecule has 0 saturated heterocycles. The van der Waals surface area contributed by atoms with Gasteiger partial charge >= 0.3 is 5.97 Å². The average molecular weight is 185 g/mol. The summed E-state index contributed by atoms with van der Waals surface area (Å²) in [5.74, 6) is -0.215. The van der Waals surface area contributed by atoms with Gasteiger partial charge < -0.3 is 9.64 Å². The Hall–Kier alpha value is -0.990. The van der Waals surface area contributed by atoms with E-state index in [9.17, 15) is 4.79 Å². The molecule has 3 nitrogen and oxygen atoms in total. The molecule has 0 bridgehead atoms. The minimum absolute atomic E-state index is 0.215. The highest BCUT2D eigenvalue weighted by Gasteiger charge is 2.11. The van der Waals surface area contributed by atoms with Crippen LogP contribution in [0.1, 0.15) is 27.2 Å². The third-order valence-electron chi connectivity index (χ3n) is 1.89. The fourth-order valence-corrected chi connectivity index (χ4v) is 1.27. The Labute approximate surface area is 80.4 Å². The van der Waals surface area contributed by atoms with Crippen LogP contribution in [0.25, 0.3) is 0 Å². The summed E-state index contributed by atoms with van der Waals surface area (Å²) < 4.78 is 4.91. The van der Waals surface area contributed by atoms with Crippen LogP contribution in [0.15, 0.2) is 11.3 Å². The lowest BCUT2D eigenvalue weighted by atomic mass is 10.2. The van der Waals surface area contributed by atoms with Crippen LogP contribution in [0.4, 0.5) is 0 Å². The highest BCUT2D eigenvalue weighted by atomic mass is 16.5. The van der Waals surface area contributed by atoms with Gasteiger partial charge in [-0.15, -0.1) is 0 Å². The second-order valence-electron chi connectivity index (χ2n) is 3.04. The molecular weight excluding hydrogens is 166 g/mol. The maximum absolute atomic E-state index is 11.3. The van der Waals surface area contributed by atoms with Crippen LogP contribution in [-0.2, 0) is 9.53 Å². The lowest BCUT2D eigenvalue weighted by Gasteiger charge is -2.18. The summed E-state index contributed by atoms with van der Waals surface area (Å²) in [5.41, 5.74) is 1.73. The average Bonchev–Trinajstić information content (AvgIpc) is 2.05. The second-order valence-corrected chi connectivity index (χ2v) is 3.04. The molecule has 0 unspecified atom stereocenters. The fourth-order valence-electron chi connectivity index (χ4n) is 1.27. The molecule has 13 heavy (non-hydrogen) atoms. The summed E-state index contributed by atoms with van der Waals surface area (Å²) in [7, 11) is 3.86. The summed E-state index contributed by atoms with van der Waals surface area (Å²) in [6.07, 6.45) is 0.845. The number of allylic oxidation sites excluding steroid dienone is 1. The minimum atomic E-state index is -0.215. The van der Waals surface area contributed by atoms with E-state index >= 15 is 0 Å². The molecule has 0 aromatic heterocycles. The molecule has 0 saturated carbocycles. The van der Waals surface area contributed by atoms with Gasteiger partial charge in [-0.3, -0.25) is 0 Å². The minimum Gasteiger partial charge on any atom is -0.463 e. The second kappa shape index (κ2) is 5.62. The van der Waals surface area contributed by atoms with E-state index in [0.717, 1.165) is 12.1 Å². The van der Waals surface area contributed by atoms with Crippen LogP contribution < -0.4 is 0 Å². The van der Waals surface area contributed by atoms with Gasteiger partial charge in [0.2, 0.25) is 0 Å². The van der Waals surface area contributed by atoms with Gasteiger partial charge in [-0.1, -0.05) is 6.92 Å². The first-order valence-corrected chi connectivity index (χ1v) is 4.58. The van der Waals surface area contributed by atoms with Crippen LogP contribution in [0.3, 0.4) is 0 Å². The van der Waals surface area contributed by atoms with E-state index in [0.29, 0.717) is 12.2 Å². The van der Waals surface area contributed by atoms with Crippen molar-refractivity contribution in [2.24, 2.45) is 0 Å². The molecule has 0 aliphatic carbocycles. The summed E-state index contributed by atoms with van der Waals surface area (Å²) in [6.45, 7) is 6.07. The molecule has 0 aromatic carbocycles. The Kier molecular flexibility index (Phi) is 5.19. The van der Waals surface area contributed by atoms with E-state index in [1.807, 2.05) is 32.8 Å². The van der Waals surface area contributed by atoms with Crippen molar-refractivity contribution in [3.05, 3.63) is 11.3 Å². The summed E-state index contributed by atoms with van der Waals surface area (Å²) in [6, 6.07) is 0. The largest absolute Gasteiger partial charge is 0.463 e. The van der Waals surface area contributed by atoms with Crippen LogP contribution in [0.2, 0.25) is 0 Å². The van der Waals surface area contributed by atoms with Crippen molar-refractivity contribution in [3.63, 3.8) is 0 Å². The van der Waals surface area contributed by atoms with E-state index < -0.39 is 0 Å². The first-order valence-electron chi connectivity index (χ1n) is 4.58. The Morgan fingerprint density at radius 2 is 1.85 bits per heavy atom. The molecule has 0 heterocycles. The van der Waals surface area contributed by atoms with Crippen LogP contribution >= 0.6 is 0 Å². The van der Waals surface area contributed by atoms with Crippen molar-refractivity contribution in [3.8, 4) is 0 Å². The number of carbonyl (C=O) groups excluding carboxylic acids is 1. The van der Waals surface area contributed by atoms with Gasteiger partial charge in [0, 0.05) is 19.8 Å². The number of ether oxygens (including phenoxy) is 1. The van der Waals surface area contributed by atoms with Gasteiger partial charge in [0.05, 0.1) is 12.2 Å². The lowest BCUT2D eigenvalue weighted by Crippen LogP contribution is -2.17. The van der Waals surface area contributed by atoms with E-state index in [-0.39, 0.29) is 5.97 Å². The Morgan fingerprint density at radius 3 is 2.15 bits per heavy atom. The Balaban J connectivity index is 4.64. The molecule has 0 fully saturated rings. The van der Waals surface area contributed by atoms with Gasteiger partial charge in [-0.25, -0.2) is 4.79 Å². The van der Waals surface area contributed by atoms with Gasteiger partial charge in [-0.05, 0) is 20.3 Å². The van der Waals surface area contributed by atoms with Gasteiger partial charge in [-0.2, -0.15) is 0 Å². The topological polar surface area (TPSA) is 29.5 Å². The number of hydrogen-bond acceptors (Lipinski definition) is 3. The van der Waals surface area contributed by atoms with Crippen molar-refractivity contribution in [2.75, 3.05) is 20.7 Å². The maximum Gasteiger partial charge on any atom is 0.335 e. The van der Waals surface area contributed by atoms with Crippen molar-refractivity contribution < 1.29 is 9.53 Å². The quantitative estimate of drug-likeness (QED) is 0.494. The SMILES string of the molecule is CCOC(=O)C(C)=C(CC)N(C)C. The van der Waals surface area contributed by atoms with Crippen LogP contribution in [0.5, 0.6) is 0 Å². The molecule has 0 rings (SSSR count). The molecule has 0 atom stereocenters. The third-order valence-corrected chi connectivity index (χ3v) is 1.89. The molecular formula is C10H19NO2. The van der Waals surface area contributed by atoms with Gasteiger partial charge in [0.15, 0.2) is 0 Å². The van der Waals surface area contributed by atoms with E-state index in [1.54, 1.807) is 6.92 Å². The zero-order chi connectivity index (χ0) is 10.4. The highest BCUT2D eigenvalue weighted by Crippen LogP contribution is 2.11. The lowest BCUT2D eigenvalue weighted by molar-refractivity contribution is -0.138. The maximum atomic E-state index is 11.3. The summed E-state index contributed by atoms with van der Waals surface area (Å²) in [5, 5.41) is 0. The number of esters is 1. The predicted molar refractivity (Wildman–Crippen MR) is 53.3 cm³/mol. The molecule has 0 aromatic rings. The van der Waals surface area contributed by atoms with Crippen molar-refractivity contribution in [1.82, 2.24) is 4.90 Å². The van der Waals surface area contributed by atoms with Crippen molar-refractivity contribution in [1.29, 1.82) is 0 Å². The third kappa shape index (κ3) is 3.49. The Bertz CT molecular complexity index is 207. The number of nitrogens with zero attached hydrogens (tertiary/aromatic N) is 1. The molecule has 0 spiro atoms. The molecule has 0 N–H and O–H groups in total. The van der Waals surface area contributed by atoms with E-state index in [2.05, 4.69) is 0 Å². The summed E-state index contributed by atoms with van der Waals surface area (Å²) >= 11 is 0. The van der Waals surface area contributed by atoms with Crippen LogP contribution in [0, 0.1) is 0 Å². The molecule has 76 valence electrons. The monoisotopic (exact) mass is 185 g/mol. The van der Waals surface area contributed by atoms with E-state index in [4.69, 9.17) is 4.74 Å². The highest BCUT2D eigenvalue weighted by molar-refractivity contribution is 5.88. The number of rotatable bonds is 4. The number of carbonyl (C=O) groups is 1. The summed E-state index contributed by atoms with van der Waals surface area (Å²) in [4.78, 5) is 13.3. The molecule has 0 amide bonds. The zero-order valence-corrected chi connectivity index (χ0v) is 9.18. The first kappa shape index (κ1) is 12.0. The smallest absolute Gasteiger partial charge is 0.335 e. The number of hydrogen-bond donors (Lipinski definition) is 0. The molecule has 0 aliphatic rings. The molecule has 0 radical (unpaired) electrons. The van der Waals surface area contributed by atoms with E-state index in [1.165, 1.54) is 0 Å². The van der Waals surface area contributed by atoms with Crippen molar-refractivity contribution in [2.45, 2.75) is 27.2 Å². The molecule has 3 heteroatoms. The Morgan fingerprint density at radius 1 is 1.31 bits per heavy atom. The van der Waals surface area contributed by atoms with Crippen LogP contribution in [-0.4, -0.2) is 31.6 Å². The molecule has 0 aliphatic heterocycles. The fraction of sp³-hybridized carbons (Fsp3) is 0.700. The normalized spacial score (nSPS) is 12.1. The zero-order valence-electron chi connectivity index (χ0n) is 9.18. The van der Waals surface area contributed by atoms with Gasteiger partial charge in [0.25, 0.3) is 0 Å². The van der Waals surface area contributed by atoms with Crippen molar-refractivity contribution >= 4 is 5.97 Å². The van der Waals surface area contributed by atoms with Gasteiger partial charge in [0.1, 0.15) is 0 Å². The first-order chi connectivity index (χ1) is 6.04. The standard InChI is InChI=1S/C10H19NO2/c1-6-9(11(4)5)8(3)10(12)13-7-2/h6-7H2,1-5H3.